The van der Waals surface area contributed by atoms with Gasteiger partial charge in [-0.05, 0) is 32.1 Å². The van der Waals surface area contributed by atoms with Crippen LogP contribution in [-0.4, -0.2) is 12.1 Å². The summed E-state index contributed by atoms with van der Waals surface area (Å²) < 4.78 is 5.87. The van der Waals surface area contributed by atoms with E-state index in [9.17, 15) is 4.79 Å². The van der Waals surface area contributed by atoms with Crippen molar-refractivity contribution in [3.63, 3.8) is 0 Å². The third kappa shape index (κ3) is 26.0. The average molecular weight is 456 g/mol. The average Bonchev–Trinajstić information content (AvgIpc) is 2.66. The molecule has 0 N–H and O–H groups in total. The van der Waals surface area contributed by atoms with E-state index in [2.05, 4.69) is 20.8 Å². The van der Waals surface area contributed by atoms with E-state index < -0.39 is 0 Å². The molecule has 0 atom stereocenters. The molecule has 4 heteroatoms. The number of unbranched alkanes of at least 4 members (excludes halogenated alkanes) is 14. The van der Waals surface area contributed by atoms with Gasteiger partial charge in [-0.3, -0.25) is 4.79 Å². The normalized spacial score (nSPS) is 10.5. The summed E-state index contributed by atoms with van der Waals surface area (Å²) in [6.45, 7) is 6.75. The van der Waals surface area contributed by atoms with Crippen LogP contribution in [0.5, 0.6) is 0 Å². The van der Waals surface area contributed by atoms with Crippen LogP contribution in [0, 0.1) is 0 Å². The van der Waals surface area contributed by atoms with E-state index in [-0.39, 0.29) is 36.9 Å². The van der Waals surface area contributed by atoms with Gasteiger partial charge in [-0.1, -0.05) is 111 Å². The largest absolute Gasteiger partial charge is 0.462 e. The fourth-order valence-corrected chi connectivity index (χ4v) is 3.68. The molecule has 0 aromatic rings. The molecule has 0 amide bonds. The number of carbonyl (C=O) groups is 1. The molecule has 2 nitrogen and oxygen atoms in total. The minimum atomic E-state index is 0. The molecule has 0 bridgehead atoms. The predicted molar refractivity (Wildman–Crippen MR) is 134 cm³/mol. The molecule has 0 saturated carbocycles. The SMILES string of the molecule is CCCCCCCCC(CCCCCCCC)OC(=O)CCCCCCC.Cl.Cl. The lowest BCUT2D eigenvalue weighted by Gasteiger charge is -2.18. The lowest BCUT2D eigenvalue weighted by Crippen LogP contribution is -2.18. The van der Waals surface area contributed by atoms with Gasteiger partial charge in [0.2, 0.25) is 0 Å². The highest BCUT2D eigenvalue weighted by Crippen LogP contribution is 2.18. The maximum absolute atomic E-state index is 12.2. The topological polar surface area (TPSA) is 26.3 Å². The summed E-state index contributed by atoms with van der Waals surface area (Å²) in [4.78, 5) is 12.2. The first-order valence-electron chi connectivity index (χ1n) is 12.4. The predicted octanol–water partition coefficient (Wildman–Crippen LogP) is 9.60. The first-order valence-corrected chi connectivity index (χ1v) is 12.4. The molecule has 0 aliphatic heterocycles. The van der Waals surface area contributed by atoms with Crippen molar-refractivity contribution in [1.82, 2.24) is 0 Å². The molecule has 0 aromatic carbocycles. The van der Waals surface area contributed by atoms with Gasteiger partial charge < -0.3 is 4.74 Å². The Labute approximate surface area is 195 Å². The standard InChI is InChI=1S/C25H50O2.2ClH/c1-4-7-10-13-16-18-21-24(22-19-17-14-11-8-5-2)27-25(26)23-20-15-12-9-6-3;;/h24H,4-23H2,1-3H3;2*1H. The number of ether oxygens (including phenoxy) is 1. The Morgan fingerprint density at radius 1 is 0.552 bits per heavy atom. The molecular formula is C25H52Cl2O2. The van der Waals surface area contributed by atoms with E-state index >= 15 is 0 Å². The summed E-state index contributed by atoms with van der Waals surface area (Å²) in [5, 5.41) is 0. The van der Waals surface area contributed by atoms with Gasteiger partial charge >= 0.3 is 5.97 Å². The van der Waals surface area contributed by atoms with Crippen molar-refractivity contribution in [2.75, 3.05) is 0 Å². The highest BCUT2D eigenvalue weighted by atomic mass is 35.5. The van der Waals surface area contributed by atoms with Crippen LogP contribution >= 0.6 is 24.8 Å². The number of esters is 1. The van der Waals surface area contributed by atoms with Crippen LogP contribution in [0.25, 0.3) is 0 Å². The molecule has 0 heterocycles. The zero-order valence-electron chi connectivity index (χ0n) is 19.9. The van der Waals surface area contributed by atoms with E-state index in [0.717, 1.165) is 19.3 Å². The summed E-state index contributed by atoms with van der Waals surface area (Å²) in [7, 11) is 0. The van der Waals surface area contributed by atoms with Gasteiger partial charge in [-0.15, -0.1) is 24.8 Å². The molecule has 0 fully saturated rings. The fraction of sp³-hybridized carbons (Fsp3) is 0.960. The molecule has 0 radical (unpaired) electrons. The third-order valence-corrected chi connectivity index (χ3v) is 5.54. The summed E-state index contributed by atoms with van der Waals surface area (Å²) in [5.41, 5.74) is 0. The van der Waals surface area contributed by atoms with Gasteiger partial charge in [0.05, 0.1) is 0 Å². The molecule has 178 valence electrons. The Hall–Kier alpha value is 0.0500. The van der Waals surface area contributed by atoms with Crippen LogP contribution in [-0.2, 0) is 9.53 Å². The molecule has 0 aliphatic rings. The van der Waals surface area contributed by atoms with Crippen molar-refractivity contribution in [2.45, 2.75) is 155 Å². The highest BCUT2D eigenvalue weighted by Gasteiger charge is 2.14. The van der Waals surface area contributed by atoms with Crippen LogP contribution in [0.1, 0.15) is 149 Å². The summed E-state index contributed by atoms with van der Waals surface area (Å²) in [6, 6.07) is 0. The summed E-state index contributed by atoms with van der Waals surface area (Å²) in [6.07, 6.45) is 24.6. The molecule has 29 heavy (non-hydrogen) atoms. The number of carbonyl (C=O) groups excluding carboxylic acids is 1. The molecule has 0 aliphatic carbocycles. The van der Waals surface area contributed by atoms with Gasteiger partial charge in [-0.2, -0.15) is 0 Å². The van der Waals surface area contributed by atoms with Crippen molar-refractivity contribution in [3.05, 3.63) is 0 Å². The Bertz CT molecular complexity index is 295. The van der Waals surface area contributed by atoms with Crippen LogP contribution in [0.4, 0.5) is 0 Å². The molecule has 0 spiro atoms. The minimum absolute atomic E-state index is 0. The first-order chi connectivity index (χ1) is 13.2. The monoisotopic (exact) mass is 454 g/mol. The second-order valence-corrected chi connectivity index (χ2v) is 8.39. The quantitative estimate of drug-likeness (QED) is 0.127. The minimum Gasteiger partial charge on any atom is -0.462 e. The molecule has 0 unspecified atom stereocenters. The Balaban J connectivity index is -0.00000338. The van der Waals surface area contributed by atoms with Gasteiger partial charge in [-0.25, -0.2) is 0 Å². The van der Waals surface area contributed by atoms with E-state index in [1.165, 1.54) is 103 Å². The van der Waals surface area contributed by atoms with Crippen molar-refractivity contribution >= 4 is 30.8 Å². The molecule has 0 rings (SSSR count). The number of rotatable bonds is 21. The van der Waals surface area contributed by atoms with Crippen molar-refractivity contribution in [1.29, 1.82) is 0 Å². The maximum atomic E-state index is 12.2. The second-order valence-electron chi connectivity index (χ2n) is 8.39. The van der Waals surface area contributed by atoms with E-state index in [4.69, 9.17) is 4.74 Å². The van der Waals surface area contributed by atoms with Crippen LogP contribution in [0.3, 0.4) is 0 Å². The van der Waals surface area contributed by atoms with Gasteiger partial charge in [0.15, 0.2) is 0 Å². The van der Waals surface area contributed by atoms with Crippen LogP contribution < -0.4 is 0 Å². The summed E-state index contributed by atoms with van der Waals surface area (Å²) >= 11 is 0. The van der Waals surface area contributed by atoms with Crippen LogP contribution in [0.15, 0.2) is 0 Å². The fourth-order valence-electron chi connectivity index (χ4n) is 3.68. The zero-order chi connectivity index (χ0) is 20.0. The third-order valence-electron chi connectivity index (χ3n) is 5.54. The van der Waals surface area contributed by atoms with Gasteiger partial charge in [0.25, 0.3) is 0 Å². The van der Waals surface area contributed by atoms with Crippen molar-refractivity contribution in [3.8, 4) is 0 Å². The zero-order valence-corrected chi connectivity index (χ0v) is 21.5. The number of halogens is 2. The van der Waals surface area contributed by atoms with E-state index in [0.29, 0.717) is 6.42 Å². The van der Waals surface area contributed by atoms with Crippen molar-refractivity contribution in [2.24, 2.45) is 0 Å². The van der Waals surface area contributed by atoms with Crippen molar-refractivity contribution < 1.29 is 9.53 Å². The smallest absolute Gasteiger partial charge is 0.306 e. The lowest BCUT2D eigenvalue weighted by atomic mass is 10.0. The second kappa shape index (κ2) is 28.1. The Morgan fingerprint density at radius 2 is 0.897 bits per heavy atom. The lowest BCUT2D eigenvalue weighted by molar-refractivity contribution is -0.150. The first kappa shape index (κ1) is 33.7. The van der Waals surface area contributed by atoms with Gasteiger partial charge in [0, 0.05) is 6.42 Å². The highest BCUT2D eigenvalue weighted by molar-refractivity contribution is 5.85. The molecule has 0 aromatic heterocycles. The summed E-state index contributed by atoms with van der Waals surface area (Å²) in [5.74, 6) is 0.0495. The molecule has 0 saturated heterocycles. The van der Waals surface area contributed by atoms with Gasteiger partial charge in [0.1, 0.15) is 6.10 Å². The van der Waals surface area contributed by atoms with E-state index in [1.54, 1.807) is 0 Å². The maximum Gasteiger partial charge on any atom is 0.306 e. The number of hydrogen-bond donors (Lipinski definition) is 0. The van der Waals surface area contributed by atoms with Crippen LogP contribution in [0.2, 0.25) is 0 Å². The number of hydrogen-bond acceptors (Lipinski definition) is 2. The Kier molecular flexibility index (Phi) is 32.6. The molecular weight excluding hydrogens is 403 g/mol. The van der Waals surface area contributed by atoms with E-state index in [1.807, 2.05) is 0 Å². The Morgan fingerprint density at radius 3 is 1.31 bits per heavy atom.